The number of methoxy groups -OCH3 is 1. The van der Waals surface area contributed by atoms with Crippen molar-refractivity contribution >= 4 is 17.6 Å². The van der Waals surface area contributed by atoms with E-state index in [9.17, 15) is 14.0 Å². The molecule has 1 heterocycles. The van der Waals surface area contributed by atoms with Gasteiger partial charge in [-0.25, -0.2) is 9.18 Å². The molecule has 7 heteroatoms. The van der Waals surface area contributed by atoms with Gasteiger partial charge < -0.3 is 19.8 Å². The summed E-state index contributed by atoms with van der Waals surface area (Å²) >= 11 is 0. The number of H-pyrrole nitrogens is 1. The summed E-state index contributed by atoms with van der Waals surface area (Å²) in [6, 6.07) is 3.87. The second-order valence-electron chi connectivity index (χ2n) is 5.35. The average Bonchev–Trinajstić information content (AvgIpc) is 2.93. The Morgan fingerprint density at radius 1 is 1.28 bits per heavy atom. The van der Waals surface area contributed by atoms with Crippen LogP contribution in [0.5, 0.6) is 5.75 Å². The smallest absolute Gasteiger partial charge is 0.339 e. The number of hydrogen-bond acceptors (Lipinski definition) is 4. The number of nitrogens with one attached hydrogen (secondary N) is 2. The van der Waals surface area contributed by atoms with E-state index in [1.807, 2.05) is 6.92 Å². The first-order valence-electron chi connectivity index (χ1n) is 7.96. The maximum atomic E-state index is 13.4. The van der Waals surface area contributed by atoms with Gasteiger partial charge in [0.1, 0.15) is 17.3 Å². The predicted molar refractivity (Wildman–Crippen MR) is 91.8 cm³/mol. The molecule has 0 atom stereocenters. The predicted octanol–water partition coefficient (Wildman–Crippen LogP) is 3.46. The van der Waals surface area contributed by atoms with E-state index < -0.39 is 17.7 Å². The zero-order chi connectivity index (χ0) is 18.6. The van der Waals surface area contributed by atoms with Crippen molar-refractivity contribution in [2.75, 3.05) is 19.0 Å². The van der Waals surface area contributed by atoms with Crippen LogP contribution in [0.1, 0.15) is 46.0 Å². The second kappa shape index (κ2) is 7.83. The first-order valence-corrected chi connectivity index (χ1v) is 7.96. The number of amides is 1. The van der Waals surface area contributed by atoms with E-state index in [0.717, 1.165) is 0 Å². The Bertz CT molecular complexity index is 799. The topological polar surface area (TPSA) is 80.4 Å². The molecule has 0 aliphatic heterocycles. The Labute approximate surface area is 145 Å². The van der Waals surface area contributed by atoms with E-state index in [0.29, 0.717) is 35.5 Å². The molecular weight excluding hydrogens is 327 g/mol. The highest BCUT2D eigenvalue weighted by molar-refractivity contribution is 6.07. The van der Waals surface area contributed by atoms with E-state index in [1.165, 1.54) is 25.3 Å². The summed E-state index contributed by atoms with van der Waals surface area (Å²) in [5.41, 5.74) is 2.09. The monoisotopic (exact) mass is 348 g/mol. The Hall–Kier alpha value is -2.83. The third-order valence-electron chi connectivity index (χ3n) is 3.79. The Morgan fingerprint density at radius 2 is 2.00 bits per heavy atom. The molecule has 0 saturated carbocycles. The molecule has 0 saturated heterocycles. The number of benzene rings is 1. The molecule has 134 valence electrons. The first kappa shape index (κ1) is 18.5. The fourth-order valence-electron chi connectivity index (χ4n) is 2.59. The molecule has 0 radical (unpaired) electrons. The highest BCUT2D eigenvalue weighted by Gasteiger charge is 2.24. The number of aryl methyl sites for hydroxylation is 1. The van der Waals surface area contributed by atoms with E-state index >= 15 is 0 Å². The number of aromatic amines is 1. The lowest BCUT2D eigenvalue weighted by atomic mass is 10.1. The maximum absolute atomic E-state index is 13.4. The minimum absolute atomic E-state index is 0.240. The molecule has 0 aliphatic rings. The van der Waals surface area contributed by atoms with Crippen LogP contribution in [-0.2, 0) is 11.2 Å². The molecule has 2 N–H and O–H groups in total. The number of hydrogen-bond donors (Lipinski definition) is 2. The van der Waals surface area contributed by atoms with Crippen LogP contribution in [0.15, 0.2) is 18.2 Å². The number of halogens is 1. The van der Waals surface area contributed by atoms with Crippen molar-refractivity contribution in [1.82, 2.24) is 4.98 Å². The molecular formula is C18H21FN2O4. The second-order valence-corrected chi connectivity index (χ2v) is 5.35. The van der Waals surface area contributed by atoms with Gasteiger partial charge in [-0.3, -0.25) is 4.79 Å². The molecule has 1 aromatic carbocycles. The van der Waals surface area contributed by atoms with Gasteiger partial charge in [0.05, 0.1) is 25.0 Å². The van der Waals surface area contributed by atoms with Crippen molar-refractivity contribution < 1.29 is 23.5 Å². The summed E-state index contributed by atoms with van der Waals surface area (Å²) < 4.78 is 23.5. The molecule has 2 aromatic rings. The number of carbonyl (C=O) groups excluding carboxylic acids is 2. The Balaban J connectivity index is 2.36. The van der Waals surface area contributed by atoms with Gasteiger partial charge in [0, 0.05) is 11.8 Å². The van der Waals surface area contributed by atoms with Gasteiger partial charge in [0.15, 0.2) is 0 Å². The largest absolute Gasteiger partial charge is 0.492 e. The fraction of sp³-hybridized carbons (Fsp3) is 0.333. The number of carbonyl (C=O) groups is 2. The summed E-state index contributed by atoms with van der Waals surface area (Å²) in [5, 5.41) is 2.69. The number of aromatic nitrogens is 1. The Morgan fingerprint density at radius 3 is 2.60 bits per heavy atom. The van der Waals surface area contributed by atoms with Crippen molar-refractivity contribution in [1.29, 1.82) is 0 Å². The van der Waals surface area contributed by atoms with E-state index in [4.69, 9.17) is 9.47 Å². The van der Waals surface area contributed by atoms with Crippen LogP contribution in [0.25, 0.3) is 0 Å². The zero-order valence-corrected chi connectivity index (χ0v) is 14.7. The standard InChI is InChI=1S/C18H21FN2O4/c1-5-12-15(18(23)24-4)10(3)16(20-12)17(22)21-13-8-7-11(19)9-14(13)25-6-2/h7-9,20H,5-6H2,1-4H3,(H,21,22). The number of ether oxygens (including phenoxy) is 2. The summed E-state index contributed by atoms with van der Waals surface area (Å²) in [5.74, 6) is -1.17. The minimum atomic E-state index is -0.499. The van der Waals surface area contributed by atoms with Gasteiger partial charge in [-0.2, -0.15) is 0 Å². The molecule has 6 nitrogen and oxygen atoms in total. The zero-order valence-electron chi connectivity index (χ0n) is 14.7. The van der Waals surface area contributed by atoms with E-state index in [1.54, 1.807) is 13.8 Å². The normalized spacial score (nSPS) is 10.4. The molecule has 1 aromatic heterocycles. The van der Waals surface area contributed by atoms with Gasteiger partial charge >= 0.3 is 5.97 Å². The molecule has 1 amide bonds. The van der Waals surface area contributed by atoms with Crippen LogP contribution in [-0.4, -0.2) is 30.6 Å². The van der Waals surface area contributed by atoms with Crippen molar-refractivity contribution in [3.8, 4) is 5.75 Å². The molecule has 0 fully saturated rings. The molecule has 0 unspecified atom stereocenters. The van der Waals surface area contributed by atoms with Crippen LogP contribution >= 0.6 is 0 Å². The minimum Gasteiger partial charge on any atom is -0.492 e. The highest BCUT2D eigenvalue weighted by Crippen LogP contribution is 2.27. The van der Waals surface area contributed by atoms with Crippen molar-refractivity contribution in [3.63, 3.8) is 0 Å². The van der Waals surface area contributed by atoms with Gasteiger partial charge in [-0.05, 0) is 38.0 Å². The molecule has 0 spiro atoms. The number of esters is 1. The van der Waals surface area contributed by atoms with Crippen LogP contribution < -0.4 is 10.1 Å². The lowest BCUT2D eigenvalue weighted by Gasteiger charge is -2.11. The molecule has 0 aliphatic carbocycles. The molecule has 25 heavy (non-hydrogen) atoms. The fourth-order valence-corrected chi connectivity index (χ4v) is 2.59. The van der Waals surface area contributed by atoms with Gasteiger partial charge in [0.25, 0.3) is 5.91 Å². The van der Waals surface area contributed by atoms with Crippen LogP contribution in [0.3, 0.4) is 0 Å². The third kappa shape index (κ3) is 3.81. The van der Waals surface area contributed by atoms with E-state index in [2.05, 4.69) is 10.3 Å². The van der Waals surface area contributed by atoms with Crippen molar-refractivity contribution in [2.24, 2.45) is 0 Å². The summed E-state index contributed by atoms with van der Waals surface area (Å²) in [4.78, 5) is 27.5. The van der Waals surface area contributed by atoms with Crippen LogP contribution in [0.2, 0.25) is 0 Å². The number of rotatable bonds is 6. The number of anilines is 1. The molecule has 2 rings (SSSR count). The third-order valence-corrected chi connectivity index (χ3v) is 3.79. The van der Waals surface area contributed by atoms with Gasteiger partial charge in [-0.15, -0.1) is 0 Å². The lowest BCUT2D eigenvalue weighted by molar-refractivity contribution is 0.0599. The molecule has 0 bridgehead atoms. The van der Waals surface area contributed by atoms with Gasteiger partial charge in [-0.1, -0.05) is 6.92 Å². The SMILES string of the molecule is CCOc1cc(F)ccc1NC(=O)c1[nH]c(CC)c(C(=O)OC)c1C. The lowest BCUT2D eigenvalue weighted by Crippen LogP contribution is -2.15. The first-order chi connectivity index (χ1) is 11.9. The quantitative estimate of drug-likeness (QED) is 0.784. The average molecular weight is 348 g/mol. The maximum Gasteiger partial charge on any atom is 0.339 e. The van der Waals surface area contributed by atoms with Gasteiger partial charge in [0.2, 0.25) is 0 Å². The van der Waals surface area contributed by atoms with Crippen molar-refractivity contribution in [3.05, 3.63) is 46.5 Å². The summed E-state index contributed by atoms with van der Waals surface area (Å²) in [7, 11) is 1.29. The highest BCUT2D eigenvalue weighted by atomic mass is 19.1. The van der Waals surface area contributed by atoms with Crippen LogP contribution in [0.4, 0.5) is 10.1 Å². The van der Waals surface area contributed by atoms with Crippen molar-refractivity contribution in [2.45, 2.75) is 27.2 Å². The Kier molecular flexibility index (Phi) is 5.80. The van der Waals surface area contributed by atoms with E-state index in [-0.39, 0.29) is 11.4 Å². The summed E-state index contributed by atoms with van der Waals surface area (Å²) in [6.07, 6.45) is 0.541. The summed E-state index contributed by atoms with van der Waals surface area (Å²) in [6.45, 7) is 5.64. The van der Waals surface area contributed by atoms with Crippen LogP contribution in [0, 0.1) is 12.7 Å².